The van der Waals surface area contributed by atoms with Crippen LogP contribution in [0.3, 0.4) is 0 Å². The van der Waals surface area contributed by atoms with Crippen molar-refractivity contribution in [3.63, 3.8) is 0 Å². The molecule has 2 N–H and O–H groups in total. The molecule has 0 amide bonds. The van der Waals surface area contributed by atoms with Crippen molar-refractivity contribution in [2.45, 2.75) is 19.3 Å². The number of nitrogens with two attached hydrogens (primary N) is 1. The molecule has 152 valence electrons. The standard InChI is InChI=1S/C23H24N6O/c1-30-18-12-10-17(11-13-18)29-21(24)19-20(16-8-4-2-5-9-16)25-23(26-22(19)27-29)28-14-6-3-7-15-28/h2,4-5,8-13H,3,6-7,14-15,24H2,1H3. The zero-order valence-electron chi connectivity index (χ0n) is 17.0. The summed E-state index contributed by atoms with van der Waals surface area (Å²) < 4.78 is 6.99. The maximum atomic E-state index is 6.58. The molecule has 0 bridgehead atoms. The topological polar surface area (TPSA) is 82.1 Å². The van der Waals surface area contributed by atoms with E-state index in [0.717, 1.165) is 60.0 Å². The molecule has 1 fully saturated rings. The van der Waals surface area contributed by atoms with Crippen molar-refractivity contribution in [1.29, 1.82) is 0 Å². The Bertz CT molecular complexity index is 1160. The van der Waals surface area contributed by atoms with Crippen molar-refractivity contribution < 1.29 is 4.74 Å². The largest absolute Gasteiger partial charge is 0.497 e. The molecule has 0 atom stereocenters. The second-order valence-electron chi connectivity index (χ2n) is 7.48. The number of nitrogens with zero attached hydrogens (tertiary/aromatic N) is 5. The Morgan fingerprint density at radius 1 is 0.900 bits per heavy atom. The normalized spacial score (nSPS) is 14.2. The van der Waals surface area contributed by atoms with Crippen LogP contribution in [0.2, 0.25) is 0 Å². The van der Waals surface area contributed by atoms with Crippen LogP contribution >= 0.6 is 0 Å². The molecule has 30 heavy (non-hydrogen) atoms. The van der Waals surface area contributed by atoms with Crippen molar-refractivity contribution >= 4 is 22.8 Å². The van der Waals surface area contributed by atoms with E-state index >= 15 is 0 Å². The number of ether oxygens (including phenoxy) is 1. The van der Waals surface area contributed by atoms with Gasteiger partial charge in [-0.05, 0) is 43.5 Å². The molecule has 0 unspecified atom stereocenters. The number of hydrogen-bond acceptors (Lipinski definition) is 6. The molecule has 4 aromatic rings. The van der Waals surface area contributed by atoms with E-state index in [0.29, 0.717) is 11.5 Å². The first-order valence-corrected chi connectivity index (χ1v) is 10.3. The van der Waals surface area contributed by atoms with Crippen molar-refractivity contribution in [3.8, 4) is 22.7 Å². The third kappa shape index (κ3) is 3.22. The fourth-order valence-electron chi connectivity index (χ4n) is 3.96. The van der Waals surface area contributed by atoms with Crippen molar-refractivity contribution in [2.24, 2.45) is 0 Å². The van der Waals surface area contributed by atoms with Crippen LogP contribution in [-0.4, -0.2) is 39.9 Å². The average Bonchev–Trinajstić information content (AvgIpc) is 3.16. The van der Waals surface area contributed by atoms with Gasteiger partial charge in [0.1, 0.15) is 11.6 Å². The number of rotatable bonds is 4. The lowest BCUT2D eigenvalue weighted by Gasteiger charge is -2.26. The highest BCUT2D eigenvalue weighted by molar-refractivity contribution is 5.99. The highest BCUT2D eigenvalue weighted by Crippen LogP contribution is 2.34. The Labute approximate surface area is 175 Å². The van der Waals surface area contributed by atoms with Crippen LogP contribution in [0.15, 0.2) is 54.6 Å². The molecule has 2 aromatic heterocycles. The number of anilines is 2. The van der Waals surface area contributed by atoms with Crippen LogP contribution in [-0.2, 0) is 0 Å². The Morgan fingerprint density at radius 3 is 2.33 bits per heavy atom. The van der Waals surface area contributed by atoms with Gasteiger partial charge in [0.2, 0.25) is 5.95 Å². The summed E-state index contributed by atoms with van der Waals surface area (Å²) in [6.45, 7) is 1.93. The van der Waals surface area contributed by atoms with Gasteiger partial charge in [0.15, 0.2) is 5.65 Å². The third-order valence-electron chi connectivity index (χ3n) is 5.56. The summed E-state index contributed by atoms with van der Waals surface area (Å²) in [5, 5.41) is 5.53. The Kier molecular flexibility index (Phi) is 4.71. The maximum Gasteiger partial charge on any atom is 0.228 e. The average molecular weight is 400 g/mol. The van der Waals surface area contributed by atoms with Gasteiger partial charge in [-0.1, -0.05) is 30.3 Å². The van der Waals surface area contributed by atoms with Crippen LogP contribution in [0, 0.1) is 0 Å². The molecule has 7 nitrogen and oxygen atoms in total. The first-order chi connectivity index (χ1) is 14.7. The predicted molar refractivity (Wildman–Crippen MR) is 119 cm³/mol. The molecule has 0 saturated carbocycles. The fourth-order valence-corrected chi connectivity index (χ4v) is 3.96. The minimum Gasteiger partial charge on any atom is -0.497 e. The van der Waals surface area contributed by atoms with Crippen molar-refractivity contribution in [3.05, 3.63) is 54.6 Å². The molecule has 3 heterocycles. The van der Waals surface area contributed by atoms with Crippen LogP contribution in [0.5, 0.6) is 5.75 Å². The molecule has 2 aromatic carbocycles. The number of aromatic nitrogens is 4. The minimum absolute atomic E-state index is 0.527. The number of fused-ring (bicyclic) bond motifs is 1. The number of nitrogen functional groups attached to an aromatic ring is 1. The summed E-state index contributed by atoms with van der Waals surface area (Å²) in [6.07, 6.45) is 3.57. The summed E-state index contributed by atoms with van der Waals surface area (Å²) in [5.41, 5.74) is 9.87. The Hall–Kier alpha value is -3.61. The monoisotopic (exact) mass is 400 g/mol. The lowest BCUT2D eigenvalue weighted by molar-refractivity contribution is 0.414. The van der Waals surface area contributed by atoms with Crippen LogP contribution in [0.4, 0.5) is 11.8 Å². The van der Waals surface area contributed by atoms with Crippen LogP contribution < -0.4 is 15.4 Å². The highest BCUT2D eigenvalue weighted by Gasteiger charge is 2.22. The van der Waals surface area contributed by atoms with Gasteiger partial charge in [-0.25, -0.2) is 9.67 Å². The summed E-state index contributed by atoms with van der Waals surface area (Å²) in [4.78, 5) is 12.0. The van der Waals surface area contributed by atoms with E-state index in [1.807, 2.05) is 54.6 Å². The van der Waals surface area contributed by atoms with Gasteiger partial charge in [0.05, 0.1) is 23.9 Å². The first-order valence-electron chi connectivity index (χ1n) is 10.3. The lowest BCUT2D eigenvalue weighted by atomic mass is 10.1. The first kappa shape index (κ1) is 18.4. The van der Waals surface area contributed by atoms with E-state index in [1.54, 1.807) is 11.8 Å². The van der Waals surface area contributed by atoms with Gasteiger partial charge in [0, 0.05) is 18.7 Å². The Morgan fingerprint density at radius 2 is 1.63 bits per heavy atom. The highest BCUT2D eigenvalue weighted by atomic mass is 16.5. The molecular weight excluding hydrogens is 376 g/mol. The zero-order chi connectivity index (χ0) is 20.5. The van der Waals surface area contributed by atoms with Gasteiger partial charge < -0.3 is 15.4 Å². The quantitative estimate of drug-likeness (QED) is 0.556. The fraction of sp³-hybridized carbons (Fsp3) is 0.261. The smallest absolute Gasteiger partial charge is 0.228 e. The van der Waals surface area contributed by atoms with E-state index in [1.165, 1.54) is 6.42 Å². The number of hydrogen-bond donors (Lipinski definition) is 1. The third-order valence-corrected chi connectivity index (χ3v) is 5.56. The minimum atomic E-state index is 0.527. The van der Waals surface area contributed by atoms with E-state index in [-0.39, 0.29) is 0 Å². The summed E-state index contributed by atoms with van der Waals surface area (Å²) in [5.74, 6) is 2.03. The number of methoxy groups -OCH3 is 1. The summed E-state index contributed by atoms with van der Waals surface area (Å²) >= 11 is 0. The summed E-state index contributed by atoms with van der Waals surface area (Å²) in [6, 6.07) is 17.8. The Balaban J connectivity index is 1.70. The molecular formula is C23H24N6O. The number of benzene rings is 2. The summed E-state index contributed by atoms with van der Waals surface area (Å²) in [7, 11) is 1.65. The second kappa shape index (κ2) is 7.67. The van der Waals surface area contributed by atoms with Gasteiger partial charge in [-0.2, -0.15) is 4.98 Å². The maximum absolute atomic E-state index is 6.58. The predicted octanol–water partition coefficient (Wildman–Crippen LogP) is 4.06. The molecule has 0 aliphatic carbocycles. The van der Waals surface area contributed by atoms with Crippen LogP contribution in [0.25, 0.3) is 28.0 Å². The number of piperidine rings is 1. The van der Waals surface area contributed by atoms with Crippen LogP contribution in [0.1, 0.15) is 19.3 Å². The van der Waals surface area contributed by atoms with E-state index in [9.17, 15) is 0 Å². The SMILES string of the molecule is COc1ccc(-n2nc3nc(N4CCCCC4)nc(-c4ccccc4)c3c2N)cc1. The van der Waals surface area contributed by atoms with E-state index in [4.69, 9.17) is 25.5 Å². The second-order valence-corrected chi connectivity index (χ2v) is 7.48. The van der Waals surface area contributed by atoms with Crippen molar-refractivity contribution in [1.82, 2.24) is 19.7 Å². The zero-order valence-corrected chi connectivity index (χ0v) is 17.0. The van der Waals surface area contributed by atoms with Gasteiger partial charge in [-0.15, -0.1) is 5.10 Å². The molecule has 1 aliphatic rings. The molecule has 1 saturated heterocycles. The van der Waals surface area contributed by atoms with E-state index < -0.39 is 0 Å². The van der Waals surface area contributed by atoms with Crippen molar-refractivity contribution in [2.75, 3.05) is 30.8 Å². The molecule has 1 aliphatic heterocycles. The van der Waals surface area contributed by atoms with Gasteiger partial charge in [-0.3, -0.25) is 0 Å². The van der Waals surface area contributed by atoms with E-state index in [2.05, 4.69) is 4.90 Å². The molecule has 0 radical (unpaired) electrons. The lowest BCUT2D eigenvalue weighted by Crippen LogP contribution is -2.31. The molecule has 0 spiro atoms. The van der Waals surface area contributed by atoms with Gasteiger partial charge in [0.25, 0.3) is 0 Å². The molecule has 5 rings (SSSR count). The van der Waals surface area contributed by atoms with Gasteiger partial charge >= 0.3 is 0 Å². The molecule has 7 heteroatoms.